The third kappa shape index (κ3) is 6.43. The lowest BCUT2D eigenvalue weighted by atomic mass is 9.88. The Balaban J connectivity index is 1.24. The van der Waals surface area contributed by atoms with Crippen molar-refractivity contribution in [1.29, 1.82) is 0 Å². The standard InChI is InChI=1S/C46H35N3OS/c1-30-14-5-2-10-19-34-26-33(24-25-37(34)38-21-12-11-20-36(30)38)35-27-40-43-39(22-13-23-42(43)51-44(40)41(50)28-35)45(47)49-46(32-17-8-4-9-18-32)48-29-31-15-6-3-7-16-31/h2-18,20-28,50H,1,19,29H2,(H2,47,48,49)/b10-2-,14-5-. The average Bonchev–Trinajstić information content (AvgIpc) is 3.56. The molecule has 0 atom stereocenters. The fourth-order valence-electron chi connectivity index (χ4n) is 6.73. The van der Waals surface area contributed by atoms with E-state index >= 15 is 0 Å². The van der Waals surface area contributed by atoms with E-state index in [1.54, 1.807) is 11.3 Å². The van der Waals surface area contributed by atoms with E-state index in [4.69, 9.17) is 15.7 Å². The number of aliphatic imine (C=N–C) groups is 2. The van der Waals surface area contributed by atoms with E-state index in [0.29, 0.717) is 18.2 Å². The summed E-state index contributed by atoms with van der Waals surface area (Å²) in [5.74, 6) is 1.18. The van der Waals surface area contributed by atoms with Crippen LogP contribution >= 0.6 is 11.3 Å². The molecule has 0 amide bonds. The van der Waals surface area contributed by atoms with Gasteiger partial charge in [0, 0.05) is 26.6 Å². The van der Waals surface area contributed by atoms with Crippen LogP contribution in [-0.2, 0) is 13.0 Å². The number of nitrogens with two attached hydrogens (primary N) is 1. The Morgan fingerprint density at radius 2 is 1.51 bits per heavy atom. The summed E-state index contributed by atoms with van der Waals surface area (Å²) in [6.45, 7) is 4.81. The number of allylic oxidation sites excluding steroid dienone is 5. The first kappa shape index (κ1) is 31.9. The lowest BCUT2D eigenvalue weighted by Gasteiger charge is -2.16. The smallest absolute Gasteiger partial charge is 0.157 e. The number of benzene rings is 6. The van der Waals surface area contributed by atoms with Crippen LogP contribution < -0.4 is 5.73 Å². The predicted molar refractivity (Wildman–Crippen MR) is 217 cm³/mol. The summed E-state index contributed by atoms with van der Waals surface area (Å²) in [6, 6.07) is 45.2. The number of rotatable bonds is 5. The summed E-state index contributed by atoms with van der Waals surface area (Å²) < 4.78 is 1.84. The summed E-state index contributed by atoms with van der Waals surface area (Å²) in [5, 5.41) is 13.4. The van der Waals surface area contributed by atoms with Crippen molar-refractivity contribution in [2.24, 2.45) is 15.7 Å². The van der Waals surface area contributed by atoms with Crippen LogP contribution in [0.2, 0.25) is 0 Å². The van der Waals surface area contributed by atoms with Crippen LogP contribution in [0.15, 0.2) is 174 Å². The van der Waals surface area contributed by atoms with Gasteiger partial charge in [-0.05, 0) is 69.1 Å². The molecule has 6 aromatic carbocycles. The summed E-state index contributed by atoms with van der Waals surface area (Å²) >= 11 is 1.56. The number of fused-ring (bicyclic) bond motifs is 6. The van der Waals surface area contributed by atoms with Gasteiger partial charge in [-0.15, -0.1) is 11.3 Å². The molecule has 0 bridgehead atoms. The highest BCUT2D eigenvalue weighted by Crippen LogP contribution is 2.44. The SMILES string of the molecule is C=C1/C=C\C=C/Cc2cc(-c3cc(O)c4sc5cccc(C(N)=NC(=NCc6ccccc6)c6ccccc6)c5c4c3)ccc2-c2ccccc21. The van der Waals surface area contributed by atoms with Crippen LogP contribution in [0.5, 0.6) is 5.75 Å². The number of hydrogen-bond donors (Lipinski definition) is 2. The molecule has 4 nitrogen and oxygen atoms in total. The van der Waals surface area contributed by atoms with Gasteiger partial charge >= 0.3 is 0 Å². The van der Waals surface area contributed by atoms with Crippen LogP contribution in [0, 0.1) is 0 Å². The quantitative estimate of drug-likeness (QED) is 0.141. The Hall–Kier alpha value is -6.30. The van der Waals surface area contributed by atoms with Crippen molar-refractivity contribution in [2.45, 2.75) is 13.0 Å². The Labute approximate surface area is 301 Å². The normalized spacial score (nSPS) is 14.6. The summed E-state index contributed by atoms with van der Waals surface area (Å²) in [6.07, 6.45) is 9.13. The zero-order chi connectivity index (χ0) is 34.7. The monoisotopic (exact) mass is 677 g/mol. The number of hydrogen-bond acceptors (Lipinski definition) is 3. The van der Waals surface area contributed by atoms with Crippen LogP contribution in [0.3, 0.4) is 0 Å². The van der Waals surface area contributed by atoms with Crippen LogP contribution in [0.25, 0.3) is 48.0 Å². The van der Waals surface area contributed by atoms with Crippen molar-refractivity contribution in [3.05, 3.63) is 192 Å². The molecular formula is C46H35N3OS. The Morgan fingerprint density at radius 1 is 0.745 bits per heavy atom. The second kappa shape index (κ2) is 13.9. The van der Waals surface area contributed by atoms with Crippen molar-refractivity contribution >= 4 is 48.8 Å². The fourth-order valence-corrected chi connectivity index (χ4v) is 7.85. The topological polar surface area (TPSA) is 71.0 Å². The van der Waals surface area contributed by atoms with Crippen molar-refractivity contribution in [3.8, 4) is 28.0 Å². The van der Waals surface area contributed by atoms with Crippen LogP contribution in [0.1, 0.15) is 27.8 Å². The second-order valence-electron chi connectivity index (χ2n) is 12.6. The molecule has 1 aromatic heterocycles. The van der Waals surface area contributed by atoms with E-state index in [9.17, 15) is 5.11 Å². The highest BCUT2D eigenvalue weighted by atomic mass is 32.1. The first-order valence-electron chi connectivity index (χ1n) is 17.0. The maximum absolute atomic E-state index is 11.5. The highest BCUT2D eigenvalue weighted by molar-refractivity contribution is 7.26. The maximum Gasteiger partial charge on any atom is 0.157 e. The molecule has 0 aliphatic heterocycles. The van der Waals surface area contributed by atoms with Crippen LogP contribution in [0.4, 0.5) is 0 Å². The van der Waals surface area contributed by atoms with Gasteiger partial charge in [-0.3, -0.25) is 4.99 Å². The molecule has 0 saturated heterocycles. The molecule has 0 radical (unpaired) electrons. The van der Waals surface area contributed by atoms with Gasteiger partial charge in [-0.1, -0.05) is 146 Å². The third-order valence-corrected chi connectivity index (χ3v) is 10.4. The van der Waals surface area contributed by atoms with Crippen molar-refractivity contribution in [3.63, 3.8) is 0 Å². The molecular weight excluding hydrogens is 643 g/mol. The molecule has 3 N–H and O–H groups in total. The largest absolute Gasteiger partial charge is 0.506 e. The van der Waals surface area contributed by atoms with E-state index in [0.717, 1.165) is 71.1 Å². The Morgan fingerprint density at radius 3 is 2.33 bits per heavy atom. The number of nitrogens with zero attached hydrogens (tertiary/aromatic N) is 2. The summed E-state index contributed by atoms with van der Waals surface area (Å²) in [4.78, 5) is 9.85. The molecule has 0 spiro atoms. The van der Waals surface area contributed by atoms with E-state index in [1.165, 1.54) is 11.1 Å². The fraction of sp³-hybridized carbons (Fsp3) is 0.0435. The lowest BCUT2D eigenvalue weighted by Crippen LogP contribution is -2.16. The number of aromatic hydroxyl groups is 1. The first-order chi connectivity index (χ1) is 25.0. The summed E-state index contributed by atoms with van der Waals surface area (Å²) in [7, 11) is 0. The molecule has 7 aromatic rings. The van der Waals surface area contributed by atoms with Gasteiger partial charge in [0.25, 0.3) is 0 Å². The van der Waals surface area contributed by atoms with Gasteiger partial charge in [0.05, 0.1) is 11.2 Å². The maximum atomic E-state index is 11.5. The molecule has 1 heterocycles. The molecule has 5 heteroatoms. The molecule has 246 valence electrons. The van der Waals surface area contributed by atoms with Gasteiger partial charge in [0.1, 0.15) is 11.6 Å². The zero-order valence-electron chi connectivity index (χ0n) is 28.0. The summed E-state index contributed by atoms with van der Waals surface area (Å²) in [5.41, 5.74) is 17.3. The van der Waals surface area contributed by atoms with E-state index in [-0.39, 0.29) is 5.75 Å². The second-order valence-corrected chi connectivity index (χ2v) is 13.6. The number of amidine groups is 2. The highest BCUT2D eigenvalue weighted by Gasteiger charge is 2.18. The van der Waals surface area contributed by atoms with Crippen molar-refractivity contribution in [2.75, 3.05) is 0 Å². The van der Waals surface area contributed by atoms with Crippen molar-refractivity contribution in [1.82, 2.24) is 0 Å². The molecule has 1 aliphatic carbocycles. The minimum Gasteiger partial charge on any atom is -0.506 e. The Kier molecular flexibility index (Phi) is 8.71. The van der Waals surface area contributed by atoms with E-state index < -0.39 is 0 Å². The van der Waals surface area contributed by atoms with Crippen LogP contribution in [-0.4, -0.2) is 16.8 Å². The van der Waals surface area contributed by atoms with Crippen molar-refractivity contribution < 1.29 is 5.11 Å². The van der Waals surface area contributed by atoms with Gasteiger partial charge in [0.15, 0.2) is 5.84 Å². The third-order valence-electron chi connectivity index (χ3n) is 9.25. The average molecular weight is 678 g/mol. The van der Waals surface area contributed by atoms with Gasteiger partial charge in [-0.2, -0.15) is 0 Å². The zero-order valence-corrected chi connectivity index (χ0v) is 28.8. The molecule has 0 saturated carbocycles. The molecule has 8 rings (SSSR count). The number of phenols is 1. The molecule has 0 unspecified atom stereocenters. The number of phenolic OH excluding ortho intramolecular Hbond substituents is 1. The minimum atomic E-state index is 0.242. The number of thiophene rings is 1. The van der Waals surface area contributed by atoms with Gasteiger partial charge < -0.3 is 10.8 Å². The predicted octanol–water partition coefficient (Wildman–Crippen LogP) is 11.1. The van der Waals surface area contributed by atoms with Gasteiger partial charge in [-0.25, -0.2) is 4.99 Å². The first-order valence-corrected chi connectivity index (χ1v) is 17.8. The van der Waals surface area contributed by atoms with E-state index in [1.807, 2.05) is 72.8 Å². The Bertz CT molecular complexity index is 2560. The van der Waals surface area contributed by atoms with E-state index in [2.05, 4.69) is 91.5 Å². The lowest BCUT2D eigenvalue weighted by molar-refractivity contribution is 0.483. The minimum absolute atomic E-state index is 0.242. The molecule has 0 fully saturated rings. The molecule has 1 aliphatic rings. The van der Waals surface area contributed by atoms with Gasteiger partial charge in [0.2, 0.25) is 0 Å². The molecule has 51 heavy (non-hydrogen) atoms.